The van der Waals surface area contributed by atoms with Crippen molar-refractivity contribution >= 4 is 34.4 Å². The first-order chi connectivity index (χ1) is 13.1. The van der Waals surface area contributed by atoms with E-state index in [2.05, 4.69) is 10.3 Å². The molecule has 2 aromatic carbocycles. The van der Waals surface area contributed by atoms with Gasteiger partial charge in [-0.3, -0.25) is 4.79 Å². The number of carbonyl (C=O) groups is 2. The Kier molecular flexibility index (Phi) is 4.86. The highest BCUT2D eigenvalue weighted by molar-refractivity contribution is 6.38. The van der Waals surface area contributed by atoms with Gasteiger partial charge in [0, 0.05) is 10.9 Å². The number of hydrogen-bond donors (Lipinski definition) is 2. The molecule has 6 heteroatoms. The number of ether oxygens (including phenoxy) is 1. The molecule has 1 amide bonds. The number of amides is 1. The summed E-state index contributed by atoms with van der Waals surface area (Å²) in [4.78, 5) is 27.6. The molecule has 0 bridgehead atoms. The molecule has 4 rings (SSSR count). The first-order valence-electron chi connectivity index (χ1n) is 8.91. The van der Waals surface area contributed by atoms with Gasteiger partial charge in [0.2, 0.25) is 0 Å². The van der Waals surface area contributed by atoms with E-state index in [1.807, 2.05) is 54.6 Å². The van der Waals surface area contributed by atoms with E-state index in [0.29, 0.717) is 10.9 Å². The maximum atomic E-state index is 12.3. The topological polar surface area (TPSA) is 71.2 Å². The van der Waals surface area contributed by atoms with Crippen molar-refractivity contribution in [1.29, 1.82) is 0 Å². The highest BCUT2D eigenvalue weighted by Gasteiger charge is 2.33. The largest absolute Gasteiger partial charge is 0.451 e. The van der Waals surface area contributed by atoms with Gasteiger partial charge in [-0.05, 0) is 30.4 Å². The summed E-state index contributed by atoms with van der Waals surface area (Å²) in [5.41, 5.74) is 1.97. The number of nitrogens with one attached hydrogen (secondary N) is 2. The van der Waals surface area contributed by atoms with E-state index in [1.54, 1.807) is 0 Å². The Labute approximate surface area is 161 Å². The predicted octanol–water partition coefficient (Wildman–Crippen LogP) is 4.25. The van der Waals surface area contributed by atoms with Crippen molar-refractivity contribution in [3.05, 3.63) is 70.9 Å². The Morgan fingerprint density at radius 2 is 1.81 bits per heavy atom. The quantitative estimate of drug-likeness (QED) is 0.626. The maximum absolute atomic E-state index is 12.3. The number of aromatic amines is 1. The highest BCUT2D eigenvalue weighted by atomic mass is 35.5. The average molecular weight is 383 g/mol. The van der Waals surface area contributed by atoms with Gasteiger partial charge in [0.1, 0.15) is 5.69 Å². The number of halogens is 1. The van der Waals surface area contributed by atoms with E-state index < -0.39 is 5.97 Å². The Morgan fingerprint density at radius 3 is 2.52 bits per heavy atom. The van der Waals surface area contributed by atoms with Gasteiger partial charge in [-0.15, -0.1) is 0 Å². The van der Waals surface area contributed by atoms with Crippen LogP contribution in [0, 0.1) is 5.92 Å². The predicted molar refractivity (Wildman–Crippen MR) is 104 cm³/mol. The van der Waals surface area contributed by atoms with Crippen molar-refractivity contribution in [3.63, 3.8) is 0 Å². The van der Waals surface area contributed by atoms with Crippen LogP contribution in [0.5, 0.6) is 0 Å². The fourth-order valence-corrected chi connectivity index (χ4v) is 3.52. The number of rotatable bonds is 6. The first kappa shape index (κ1) is 17.6. The molecule has 2 N–H and O–H groups in total. The van der Waals surface area contributed by atoms with Crippen molar-refractivity contribution in [2.24, 2.45) is 5.92 Å². The minimum atomic E-state index is -0.644. The summed E-state index contributed by atoms with van der Waals surface area (Å²) in [5.74, 6) is -0.527. The molecule has 0 radical (unpaired) electrons. The monoisotopic (exact) mass is 382 g/mol. The van der Waals surface area contributed by atoms with Gasteiger partial charge in [-0.2, -0.15) is 0 Å². The second-order valence-corrected chi connectivity index (χ2v) is 7.11. The number of esters is 1. The van der Waals surface area contributed by atoms with Gasteiger partial charge in [0.25, 0.3) is 5.91 Å². The van der Waals surface area contributed by atoms with Crippen LogP contribution in [0.25, 0.3) is 10.9 Å². The average Bonchev–Trinajstić information content (AvgIpc) is 3.48. The fourth-order valence-electron chi connectivity index (χ4n) is 3.23. The van der Waals surface area contributed by atoms with Crippen molar-refractivity contribution in [2.75, 3.05) is 6.61 Å². The van der Waals surface area contributed by atoms with Crippen molar-refractivity contribution in [3.8, 4) is 0 Å². The fraction of sp³-hybridized carbons (Fsp3) is 0.238. The second kappa shape index (κ2) is 7.45. The summed E-state index contributed by atoms with van der Waals surface area (Å²) in [7, 11) is 0. The lowest BCUT2D eigenvalue weighted by molar-refractivity contribution is -0.125. The zero-order valence-corrected chi connectivity index (χ0v) is 15.3. The molecule has 1 aliphatic carbocycles. The third-order valence-electron chi connectivity index (χ3n) is 4.75. The molecule has 1 fully saturated rings. The molecule has 1 heterocycles. The minimum absolute atomic E-state index is 0.0472. The van der Waals surface area contributed by atoms with Crippen LogP contribution >= 0.6 is 11.6 Å². The molecular formula is C21H19ClN2O3. The molecule has 5 nitrogen and oxygen atoms in total. The van der Waals surface area contributed by atoms with Crippen LogP contribution in [0.2, 0.25) is 5.02 Å². The zero-order valence-electron chi connectivity index (χ0n) is 14.6. The van der Waals surface area contributed by atoms with E-state index in [4.69, 9.17) is 16.3 Å². The van der Waals surface area contributed by atoms with Crippen LogP contribution in [0.3, 0.4) is 0 Å². The lowest BCUT2D eigenvalue weighted by Crippen LogP contribution is -2.33. The molecule has 0 spiro atoms. The summed E-state index contributed by atoms with van der Waals surface area (Å²) in [6.07, 6.45) is 2.18. The number of aromatic nitrogens is 1. The Hall–Kier alpha value is -2.79. The van der Waals surface area contributed by atoms with Crippen LogP contribution in [0.1, 0.15) is 34.9 Å². The van der Waals surface area contributed by atoms with E-state index in [0.717, 1.165) is 29.3 Å². The molecule has 3 aromatic rings. The number of hydrogen-bond acceptors (Lipinski definition) is 3. The summed E-state index contributed by atoms with van der Waals surface area (Å²) in [6.45, 7) is -0.347. The molecule has 0 aliphatic heterocycles. The third kappa shape index (κ3) is 3.83. The molecule has 138 valence electrons. The summed E-state index contributed by atoms with van der Waals surface area (Å²) in [5, 5.41) is 4.03. The number of fused-ring (bicyclic) bond motifs is 1. The van der Waals surface area contributed by atoms with Gasteiger partial charge in [-0.1, -0.05) is 60.1 Å². The standard InChI is InChI=1S/C21H19ClN2O3/c22-18-15-8-4-5-9-16(15)23-20(18)21(26)27-12-17(25)24-19(14-10-11-14)13-6-2-1-3-7-13/h1-9,14,19,23H,10-12H2,(H,24,25). The van der Waals surface area contributed by atoms with Gasteiger partial charge in [0.05, 0.1) is 11.1 Å². The smallest absolute Gasteiger partial charge is 0.356 e. The Balaban J connectivity index is 1.39. The maximum Gasteiger partial charge on any atom is 0.356 e. The molecule has 1 saturated carbocycles. The molecular weight excluding hydrogens is 364 g/mol. The normalized spacial score (nSPS) is 14.7. The van der Waals surface area contributed by atoms with Crippen LogP contribution in [0.4, 0.5) is 0 Å². The number of carbonyl (C=O) groups excluding carboxylic acids is 2. The Bertz CT molecular complexity index is 980. The van der Waals surface area contributed by atoms with E-state index >= 15 is 0 Å². The zero-order chi connectivity index (χ0) is 18.8. The molecule has 1 aliphatic rings. The third-order valence-corrected chi connectivity index (χ3v) is 5.14. The number of para-hydroxylation sites is 1. The van der Waals surface area contributed by atoms with Crippen LogP contribution in [-0.2, 0) is 9.53 Å². The van der Waals surface area contributed by atoms with Crippen molar-refractivity contribution in [2.45, 2.75) is 18.9 Å². The van der Waals surface area contributed by atoms with Crippen LogP contribution in [0.15, 0.2) is 54.6 Å². The van der Waals surface area contributed by atoms with Crippen molar-refractivity contribution < 1.29 is 14.3 Å². The summed E-state index contributed by atoms with van der Waals surface area (Å²) < 4.78 is 5.17. The van der Waals surface area contributed by atoms with E-state index in [1.165, 1.54) is 0 Å². The lowest BCUT2D eigenvalue weighted by Gasteiger charge is -2.18. The summed E-state index contributed by atoms with van der Waals surface area (Å²) in [6, 6.07) is 17.1. The van der Waals surface area contributed by atoms with Crippen LogP contribution < -0.4 is 5.32 Å². The molecule has 1 unspecified atom stereocenters. The SMILES string of the molecule is O=C(COC(=O)c1[nH]c2ccccc2c1Cl)NC(c1ccccc1)C1CC1. The van der Waals surface area contributed by atoms with Gasteiger partial charge in [-0.25, -0.2) is 4.79 Å². The van der Waals surface area contributed by atoms with Gasteiger partial charge in [0.15, 0.2) is 6.61 Å². The Morgan fingerprint density at radius 1 is 1.11 bits per heavy atom. The highest BCUT2D eigenvalue weighted by Crippen LogP contribution is 2.40. The number of H-pyrrole nitrogens is 1. The second-order valence-electron chi connectivity index (χ2n) is 6.73. The summed E-state index contributed by atoms with van der Waals surface area (Å²) >= 11 is 6.25. The first-order valence-corrected chi connectivity index (χ1v) is 9.29. The van der Waals surface area contributed by atoms with Gasteiger partial charge < -0.3 is 15.0 Å². The van der Waals surface area contributed by atoms with Crippen molar-refractivity contribution in [1.82, 2.24) is 10.3 Å². The number of benzene rings is 2. The lowest BCUT2D eigenvalue weighted by atomic mass is 10.0. The van der Waals surface area contributed by atoms with E-state index in [-0.39, 0.29) is 24.2 Å². The van der Waals surface area contributed by atoms with Gasteiger partial charge >= 0.3 is 5.97 Å². The minimum Gasteiger partial charge on any atom is -0.451 e. The molecule has 0 saturated heterocycles. The molecule has 1 aromatic heterocycles. The molecule has 27 heavy (non-hydrogen) atoms. The molecule has 1 atom stereocenters. The van der Waals surface area contributed by atoms with Crippen LogP contribution in [-0.4, -0.2) is 23.5 Å². The van der Waals surface area contributed by atoms with E-state index in [9.17, 15) is 9.59 Å².